The van der Waals surface area contributed by atoms with E-state index in [4.69, 9.17) is 0 Å². The Morgan fingerprint density at radius 2 is 2.00 bits per heavy atom. The number of nitrogens with zero attached hydrogens (tertiary/aromatic N) is 2. The van der Waals surface area contributed by atoms with Gasteiger partial charge in [-0.2, -0.15) is 0 Å². The predicted octanol–water partition coefficient (Wildman–Crippen LogP) is 1.88. The monoisotopic (exact) mass is 339 g/mol. The van der Waals surface area contributed by atoms with Crippen LogP contribution in [0.4, 0.5) is 13.6 Å². The highest BCUT2D eigenvalue weighted by Crippen LogP contribution is 2.23. The van der Waals surface area contributed by atoms with Crippen LogP contribution in [0.2, 0.25) is 0 Å². The van der Waals surface area contributed by atoms with Crippen LogP contribution in [-0.2, 0) is 0 Å². The Balaban J connectivity index is 1.53. The molecule has 2 fully saturated rings. The highest BCUT2D eigenvalue weighted by atomic mass is 19.1. The van der Waals surface area contributed by atoms with Crippen LogP contribution in [0, 0.1) is 11.6 Å². The lowest BCUT2D eigenvalue weighted by Crippen LogP contribution is -2.54. The third-order valence-corrected chi connectivity index (χ3v) is 4.86. The number of aliphatic hydroxyl groups is 1. The summed E-state index contributed by atoms with van der Waals surface area (Å²) in [4.78, 5) is 15.8. The molecule has 0 saturated carbocycles. The van der Waals surface area contributed by atoms with E-state index in [0.717, 1.165) is 63.6 Å². The van der Waals surface area contributed by atoms with Crippen LogP contribution in [0.15, 0.2) is 18.2 Å². The standard InChI is InChI=1S/C17H23F2N3O2/c18-12-2-3-15(19)14(10-12)16(23)11-21-8-4-13(5-9-21)22-7-1-6-20-17(22)24/h2-3,10,13,16,23H,1,4-9,11H2,(H,20,24). The molecule has 3 rings (SSSR count). The number of β-amino-alcohol motifs (C(OH)–C–C–N with tert-alkyl or cyclic N) is 1. The number of benzene rings is 1. The van der Waals surface area contributed by atoms with Crippen LogP contribution in [0.25, 0.3) is 0 Å². The fraction of sp³-hybridized carbons (Fsp3) is 0.588. The second-order valence-electron chi connectivity index (χ2n) is 6.49. The van der Waals surface area contributed by atoms with Crippen LogP contribution < -0.4 is 5.32 Å². The van der Waals surface area contributed by atoms with Crippen molar-refractivity contribution < 1.29 is 18.7 Å². The number of hydrogen-bond donors (Lipinski definition) is 2. The fourth-order valence-corrected chi connectivity index (χ4v) is 3.52. The minimum atomic E-state index is -1.06. The zero-order valence-electron chi connectivity index (χ0n) is 13.5. The van der Waals surface area contributed by atoms with Crippen molar-refractivity contribution in [1.29, 1.82) is 0 Å². The number of hydrogen-bond acceptors (Lipinski definition) is 3. The first-order valence-electron chi connectivity index (χ1n) is 8.44. The van der Waals surface area contributed by atoms with E-state index in [1.807, 2.05) is 9.80 Å². The highest BCUT2D eigenvalue weighted by Gasteiger charge is 2.30. The zero-order valence-corrected chi connectivity index (χ0v) is 13.5. The topological polar surface area (TPSA) is 55.8 Å². The Labute approximate surface area is 140 Å². The smallest absolute Gasteiger partial charge is 0.317 e. The number of carbonyl (C=O) groups excluding carboxylic acids is 1. The molecule has 2 N–H and O–H groups in total. The number of rotatable bonds is 4. The first kappa shape index (κ1) is 17.1. The summed E-state index contributed by atoms with van der Waals surface area (Å²) in [6.07, 6.45) is 1.55. The SMILES string of the molecule is O=C1NCCCN1C1CCN(CC(O)c2cc(F)ccc2F)CC1. The lowest BCUT2D eigenvalue weighted by Gasteiger charge is -2.40. The van der Waals surface area contributed by atoms with Gasteiger partial charge in [-0.3, -0.25) is 0 Å². The molecule has 0 radical (unpaired) electrons. The van der Waals surface area contributed by atoms with Gasteiger partial charge < -0.3 is 20.2 Å². The van der Waals surface area contributed by atoms with Gasteiger partial charge in [-0.15, -0.1) is 0 Å². The molecular formula is C17H23F2N3O2. The van der Waals surface area contributed by atoms with E-state index >= 15 is 0 Å². The van der Waals surface area contributed by atoms with Gasteiger partial charge in [0, 0.05) is 44.3 Å². The molecule has 1 aromatic rings. The third kappa shape index (κ3) is 3.84. The predicted molar refractivity (Wildman–Crippen MR) is 85.5 cm³/mol. The number of piperidine rings is 1. The average molecular weight is 339 g/mol. The number of nitrogens with one attached hydrogen (secondary N) is 1. The minimum Gasteiger partial charge on any atom is -0.387 e. The van der Waals surface area contributed by atoms with Gasteiger partial charge in [-0.25, -0.2) is 13.6 Å². The van der Waals surface area contributed by atoms with Crippen molar-refractivity contribution >= 4 is 6.03 Å². The Bertz CT molecular complexity index is 591. The van der Waals surface area contributed by atoms with Crippen molar-refractivity contribution in [2.75, 3.05) is 32.7 Å². The van der Waals surface area contributed by atoms with Crippen molar-refractivity contribution in [3.63, 3.8) is 0 Å². The molecule has 1 unspecified atom stereocenters. The third-order valence-electron chi connectivity index (χ3n) is 4.86. The van der Waals surface area contributed by atoms with Crippen LogP contribution in [0.1, 0.15) is 30.9 Å². The van der Waals surface area contributed by atoms with E-state index < -0.39 is 17.7 Å². The second kappa shape index (κ2) is 7.44. The van der Waals surface area contributed by atoms with E-state index in [9.17, 15) is 18.7 Å². The molecule has 0 aliphatic carbocycles. The van der Waals surface area contributed by atoms with Crippen molar-refractivity contribution in [2.45, 2.75) is 31.4 Å². The quantitative estimate of drug-likeness (QED) is 0.881. The molecule has 0 aromatic heterocycles. The maximum atomic E-state index is 13.7. The van der Waals surface area contributed by atoms with Gasteiger partial charge >= 0.3 is 6.03 Å². The summed E-state index contributed by atoms with van der Waals surface area (Å²) in [5.41, 5.74) is -0.00692. The molecule has 7 heteroatoms. The molecule has 0 bridgehead atoms. The van der Waals surface area contributed by atoms with Crippen molar-refractivity contribution in [3.05, 3.63) is 35.4 Å². The highest BCUT2D eigenvalue weighted by molar-refractivity contribution is 5.75. The molecule has 24 heavy (non-hydrogen) atoms. The Morgan fingerprint density at radius 3 is 2.71 bits per heavy atom. The average Bonchev–Trinajstić information content (AvgIpc) is 2.58. The number of urea groups is 1. The fourth-order valence-electron chi connectivity index (χ4n) is 3.52. The maximum absolute atomic E-state index is 13.7. The summed E-state index contributed by atoms with van der Waals surface area (Å²) in [6, 6.07) is 3.34. The molecular weight excluding hydrogens is 316 g/mol. The van der Waals surface area contributed by atoms with Crippen LogP contribution >= 0.6 is 0 Å². The number of carbonyl (C=O) groups is 1. The van der Waals surface area contributed by atoms with Gasteiger partial charge in [0.25, 0.3) is 0 Å². The molecule has 2 heterocycles. The lowest BCUT2D eigenvalue weighted by atomic mass is 10.0. The Morgan fingerprint density at radius 1 is 1.25 bits per heavy atom. The number of halogens is 2. The van der Waals surface area contributed by atoms with E-state index in [-0.39, 0.29) is 24.2 Å². The normalized spacial score (nSPS) is 21.6. The molecule has 2 amide bonds. The summed E-state index contributed by atoms with van der Waals surface area (Å²) in [6.45, 7) is 3.23. The first-order chi connectivity index (χ1) is 11.5. The van der Waals surface area contributed by atoms with E-state index in [2.05, 4.69) is 5.32 Å². The van der Waals surface area contributed by atoms with Crippen molar-refractivity contribution in [2.24, 2.45) is 0 Å². The number of aliphatic hydroxyl groups excluding tert-OH is 1. The second-order valence-corrected chi connectivity index (χ2v) is 6.49. The Kier molecular flexibility index (Phi) is 5.30. The first-order valence-corrected chi connectivity index (χ1v) is 8.44. The van der Waals surface area contributed by atoms with Crippen LogP contribution in [0.5, 0.6) is 0 Å². The van der Waals surface area contributed by atoms with Gasteiger partial charge in [-0.05, 0) is 37.5 Å². The van der Waals surface area contributed by atoms with E-state index in [1.165, 1.54) is 0 Å². The van der Waals surface area contributed by atoms with Gasteiger partial charge in [0.2, 0.25) is 0 Å². The number of likely N-dealkylation sites (tertiary alicyclic amines) is 1. The van der Waals surface area contributed by atoms with Gasteiger partial charge in [0.05, 0.1) is 6.10 Å². The lowest BCUT2D eigenvalue weighted by molar-refractivity contribution is 0.0703. The molecule has 2 saturated heterocycles. The summed E-state index contributed by atoms with van der Waals surface area (Å²) in [5, 5.41) is 13.1. The maximum Gasteiger partial charge on any atom is 0.317 e. The summed E-state index contributed by atoms with van der Waals surface area (Å²) >= 11 is 0. The van der Waals surface area contributed by atoms with Gasteiger partial charge in [0.15, 0.2) is 0 Å². The van der Waals surface area contributed by atoms with Crippen molar-refractivity contribution in [3.8, 4) is 0 Å². The summed E-state index contributed by atoms with van der Waals surface area (Å²) < 4.78 is 27.0. The van der Waals surface area contributed by atoms with Gasteiger partial charge in [-0.1, -0.05) is 0 Å². The minimum absolute atomic E-state index is 0.00145. The Hall–Kier alpha value is -1.73. The van der Waals surface area contributed by atoms with Crippen LogP contribution in [-0.4, -0.2) is 59.7 Å². The molecule has 2 aliphatic rings. The molecule has 0 spiro atoms. The van der Waals surface area contributed by atoms with E-state index in [0.29, 0.717) is 0 Å². The van der Waals surface area contributed by atoms with Crippen LogP contribution in [0.3, 0.4) is 0 Å². The summed E-state index contributed by atoms with van der Waals surface area (Å²) in [7, 11) is 0. The number of amides is 2. The largest absolute Gasteiger partial charge is 0.387 e. The molecule has 132 valence electrons. The molecule has 2 aliphatic heterocycles. The van der Waals surface area contributed by atoms with Crippen molar-refractivity contribution in [1.82, 2.24) is 15.1 Å². The van der Waals surface area contributed by atoms with Gasteiger partial charge in [0.1, 0.15) is 11.6 Å². The molecule has 1 aromatic carbocycles. The zero-order chi connectivity index (χ0) is 17.1. The summed E-state index contributed by atoms with van der Waals surface area (Å²) in [5.74, 6) is -1.15. The van der Waals surface area contributed by atoms with E-state index in [1.54, 1.807) is 0 Å². The molecule has 1 atom stereocenters. The molecule has 5 nitrogen and oxygen atoms in total.